The molecule has 8 aromatic carbocycles. The third-order valence-electron chi connectivity index (χ3n) is 10.1. The largest absolute Gasteiger partial charge is 0.309 e. The van der Waals surface area contributed by atoms with Crippen LogP contribution in [0.3, 0.4) is 0 Å². The molecule has 0 bridgehead atoms. The number of nitrogens with zero attached hydrogens (tertiary/aromatic N) is 2. The van der Waals surface area contributed by atoms with E-state index in [9.17, 15) is 0 Å². The van der Waals surface area contributed by atoms with Crippen molar-refractivity contribution in [3.05, 3.63) is 194 Å². The molecule has 10 aromatic rings. The molecule has 0 amide bonds. The zero-order valence-electron chi connectivity index (χ0n) is 27.4. The monoisotopic (exact) mass is 636 g/mol. The molecule has 2 heteroatoms. The molecule has 0 spiro atoms. The van der Waals surface area contributed by atoms with Crippen LogP contribution in [0.1, 0.15) is 0 Å². The van der Waals surface area contributed by atoms with Gasteiger partial charge in [0.1, 0.15) is 0 Å². The molecule has 50 heavy (non-hydrogen) atoms. The number of para-hydroxylation sites is 2. The molecule has 10 rings (SSSR count). The van der Waals surface area contributed by atoms with Crippen LogP contribution in [0.2, 0.25) is 0 Å². The van der Waals surface area contributed by atoms with Gasteiger partial charge in [0.05, 0.1) is 22.1 Å². The SMILES string of the molecule is c1ccc(-c2cccc(-c3ccc(-n4c5ccc(-c6ccccc6)cc5c5cc6c(cc54)c4ccccc4n6-c4ccccc4)cc3)c2)cc1. The third kappa shape index (κ3) is 4.57. The fourth-order valence-corrected chi connectivity index (χ4v) is 7.74. The molecular formula is C48H32N2. The highest BCUT2D eigenvalue weighted by atomic mass is 15.0. The normalized spacial score (nSPS) is 11.6. The predicted octanol–water partition coefficient (Wildman–Crippen LogP) is 12.9. The summed E-state index contributed by atoms with van der Waals surface area (Å²) in [5, 5.41) is 4.99. The molecule has 0 unspecified atom stereocenters. The summed E-state index contributed by atoms with van der Waals surface area (Å²) >= 11 is 0. The molecule has 2 aromatic heterocycles. The van der Waals surface area contributed by atoms with E-state index >= 15 is 0 Å². The summed E-state index contributed by atoms with van der Waals surface area (Å²) in [6.07, 6.45) is 0. The summed E-state index contributed by atoms with van der Waals surface area (Å²) in [6.45, 7) is 0. The lowest BCUT2D eigenvalue weighted by Crippen LogP contribution is -1.95. The molecular weight excluding hydrogens is 605 g/mol. The first-order chi connectivity index (χ1) is 24.8. The van der Waals surface area contributed by atoms with E-state index < -0.39 is 0 Å². The van der Waals surface area contributed by atoms with Crippen LogP contribution in [0, 0.1) is 0 Å². The van der Waals surface area contributed by atoms with Gasteiger partial charge >= 0.3 is 0 Å². The number of benzene rings is 8. The van der Waals surface area contributed by atoms with E-state index in [4.69, 9.17) is 0 Å². The molecule has 234 valence electrons. The van der Waals surface area contributed by atoms with Gasteiger partial charge in [-0.05, 0) is 94.0 Å². The van der Waals surface area contributed by atoms with Gasteiger partial charge in [-0.15, -0.1) is 0 Å². The first-order valence-corrected chi connectivity index (χ1v) is 17.2. The van der Waals surface area contributed by atoms with Gasteiger partial charge in [-0.1, -0.05) is 133 Å². The molecule has 0 aliphatic rings. The summed E-state index contributed by atoms with van der Waals surface area (Å²) in [5.41, 5.74) is 14.4. The van der Waals surface area contributed by atoms with Crippen molar-refractivity contribution in [2.24, 2.45) is 0 Å². The lowest BCUT2D eigenvalue weighted by molar-refractivity contribution is 1.17. The smallest absolute Gasteiger partial charge is 0.0548 e. The Balaban J connectivity index is 1.21. The predicted molar refractivity (Wildman–Crippen MR) is 211 cm³/mol. The van der Waals surface area contributed by atoms with Crippen LogP contribution < -0.4 is 0 Å². The minimum atomic E-state index is 1.14. The van der Waals surface area contributed by atoms with Crippen molar-refractivity contribution < 1.29 is 0 Å². The van der Waals surface area contributed by atoms with E-state index in [0.29, 0.717) is 0 Å². The molecule has 0 N–H and O–H groups in total. The molecule has 2 nitrogen and oxygen atoms in total. The number of aromatic nitrogens is 2. The fourth-order valence-electron chi connectivity index (χ4n) is 7.74. The van der Waals surface area contributed by atoms with E-state index in [-0.39, 0.29) is 0 Å². The Hall–Kier alpha value is -6.64. The minimum absolute atomic E-state index is 1.14. The van der Waals surface area contributed by atoms with Crippen LogP contribution in [-0.4, -0.2) is 9.13 Å². The highest BCUT2D eigenvalue weighted by molar-refractivity contribution is 6.19. The van der Waals surface area contributed by atoms with Gasteiger partial charge < -0.3 is 9.13 Å². The maximum atomic E-state index is 2.44. The Bertz CT molecular complexity index is 2820. The Kier molecular flexibility index (Phi) is 6.53. The summed E-state index contributed by atoms with van der Waals surface area (Å²) in [7, 11) is 0. The van der Waals surface area contributed by atoms with Gasteiger partial charge in [-0.3, -0.25) is 0 Å². The lowest BCUT2D eigenvalue weighted by atomic mass is 9.99. The van der Waals surface area contributed by atoms with Crippen molar-refractivity contribution in [3.8, 4) is 44.8 Å². The first-order valence-electron chi connectivity index (χ1n) is 17.2. The van der Waals surface area contributed by atoms with Crippen LogP contribution in [0.25, 0.3) is 88.4 Å². The summed E-state index contributed by atoms with van der Waals surface area (Å²) < 4.78 is 4.85. The van der Waals surface area contributed by atoms with Crippen LogP contribution >= 0.6 is 0 Å². The molecule has 0 radical (unpaired) electrons. The van der Waals surface area contributed by atoms with Crippen LogP contribution in [0.15, 0.2) is 194 Å². The van der Waals surface area contributed by atoms with Crippen molar-refractivity contribution >= 4 is 43.6 Å². The first kappa shape index (κ1) is 28.4. The van der Waals surface area contributed by atoms with Crippen molar-refractivity contribution in [1.82, 2.24) is 9.13 Å². The van der Waals surface area contributed by atoms with Crippen LogP contribution in [0.4, 0.5) is 0 Å². The van der Waals surface area contributed by atoms with Gasteiger partial charge in [-0.25, -0.2) is 0 Å². The van der Waals surface area contributed by atoms with Crippen LogP contribution in [0.5, 0.6) is 0 Å². The average Bonchev–Trinajstić information content (AvgIpc) is 3.69. The maximum Gasteiger partial charge on any atom is 0.0548 e. The van der Waals surface area contributed by atoms with Crippen molar-refractivity contribution in [2.75, 3.05) is 0 Å². The second-order valence-corrected chi connectivity index (χ2v) is 13.0. The Morgan fingerprint density at radius 1 is 0.220 bits per heavy atom. The molecule has 0 saturated carbocycles. The Morgan fingerprint density at radius 2 is 0.640 bits per heavy atom. The van der Waals surface area contributed by atoms with Crippen molar-refractivity contribution in [3.63, 3.8) is 0 Å². The second-order valence-electron chi connectivity index (χ2n) is 13.0. The van der Waals surface area contributed by atoms with Gasteiger partial charge in [-0.2, -0.15) is 0 Å². The van der Waals surface area contributed by atoms with Crippen molar-refractivity contribution in [2.45, 2.75) is 0 Å². The molecule has 0 aliphatic heterocycles. The second kappa shape index (κ2) is 11.5. The highest BCUT2D eigenvalue weighted by Crippen LogP contribution is 2.41. The molecule has 0 aliphatic carbocycles. The highest BCUT2D eigenvalue weighted by Gasteiger charge is 2.19. The van der Waals surface area contributed by atoms with Crippen molar-refractivity contribution in [1.29, 1.82) is 0 Å². The number of hydrogen-bond acceptors (Lipinski definition) is 0. The van der Waals surface area contributed by atoms with E-state index in [0.717, 1.165) is 5.69 Å². The number of hydrogen-bond donors (Lipinski definition) is 0. The lowest BCUT2D eigenvalue weighted by Gasteiger charge is -2.11. The molecule has 2 heterocycles. The van der Waals surface area contributed by atoms with Gasteiger partial charge in [0, 0.05) is 32.9 Å². The van der Waals surface area contributed by atoms with Crippen LogP contribution in [-0.2, 0) is 0 Å². The van der Waals surface area contributed by atoms with Gasteiger partial charge in [0.15, 0.2) is 0 Å². The minimum Gasteiger partial charge on any atom is -0.309 e. The van der Waals surface area contributed by atoms with E-state index in [1.54, 1.807) is 0 Å². The van der Waals surface area contributed by atoms with Gasteiger partial charge in [0.2, 0.25) is 0 Å². The number of rotatable bonds is 5. The summed E-state index contributed by atoms with van der Waals surface area (Å²) in [6, 6.07) is 70.4. The topological polar surface area (TPSA) is 9.86 Å². The molecule has 0 saturated heterocycles. The molecule has 0 fully saturated rings. The van der Waals surface area contributed by atoms with E-state index in [2.05, 4.69) is 203 Å². The Morgan fingerprint density at radius 3 is 1.28 bits per heavy atom. The quantitative estimate of drug-likeness (QED) is 0.178. The summed E-state index contributed by atoms with van der Waals surface area (Å²) in [4.78, 5) is 0. The Labute approximate surface area is 290 Å². The van der Waals surface area contributed by atoms with E-state index in [1.165, 1.54) is 82.7 Å². The molecule has 0 atom stereocenters. The zero-order valence-corrected chi connectivity index (χ0v) is 27.4. The zero-order chi connectivity index (χ0) is 33.0. The average molecular weight is 637 g/mol. The van der Waals surface area contributed by atoms with Gasteiger partial charge in [0.25, 0.3) is 0 Å². The standard InChI is InChI=1S/C48H32N2/c1-4-13-33(14-5-1)36-17-12-18-37(29-36)35-23-26-40(27-24-35)50-46-28-25-38(34-15-6-2-7-16-34)30-42(46)44-32-47-43(31-48(44)50)41-21-10-11-22-45(41)49(47)39-19-8-3-9-20-39/h1-32H. The third-order valence-corrected chi connectivity index (χ3v) is 10.1. The number of fused-ring (bicyclic) bond motifs is 6. The van der Waals surface area contributed by atoms with E-state index in [1.807, 2.05) is 0 Å². The fraction of sp³-hybridized carbons (Fsp3) is 0. The maximum absolute atomic E-state index is 2.44. The summed E-state index contributed by atoms with van der Waals surface area (Å²) in [5.74, 6) is 0.